The minimum Gasteiger partial charge on any atom is -0.334 e. The van der Waals surface area contributed by atoms with Crippen LogP contribution in [0.3, 0.4) is 0 Å². The molecule has 0 unspecified atom stereocenters. The lowest BCUT2D eigenvalue weighted by Gasteiger charge is -2.08. The molecule has 0 aliphatic rings. The van der Waals surface area contributed by atoms with Crippen molar-refractivity contribution in [3.63, 3.8) is 0 Å². The number of hydrogen-bond acceptors (Lipinski definition) is 2. The van der Waals surface area contributed by atoms with E-state index in [4.69, 9.17) is 11.6 Å². The van der Waals surface area contributed by atoms with E-state index in [1.54, 1.807) is 22.8 Å². The van der Waals surface area contributed by atoms with Gasteiger partial charge >= 0.3 is 6.03 Å². The van der Waals surface area contributed by atoms with Gasteiger partial charge in [0.15, 0.2) is 0 Å². The molecule has 0 aliphatic carbocycles. The van der Waals surface area contributed by atoms with Crippen LogP contribution in [0, 0.1) is 0 Å². The SMILES string of the molecule is O=C(NCc1cnn2ccccc12)Nc1ccccc1Cl. The average Bonchev–Trinajstić information content (AvgIpc) is 2.91. The first-order valence-electron chi connectivity index (χ1n) is 6.44. The summed E-state index contributed by atoms with van der Waals surface area (Å²) in [5, 5.41) is 10.2. The van der Waals surface area contributed by atoms with Crippen LogP contribution in [0.15, 0.2) is 54.9 Å². The highest BCUT2D eigenvalue weighted by molar-refractivity contribution is 6.33. The van der Waals surface area contributed by atoms with Gasteiger partial charge in [0.05, 0.1) is 22.4 Å². The van der Waals surface area contributed by atoms with E-state index in [-0.39, 0.29) is 6.03 Å². The third-order valence-corrected chi connectivity index (χ3v) is 3.40. The van der Waals surface area contributed by atoms with Crippen LogP contribution in [0.25, 0.3) is 5.52 Å². The smallest absolute Gasteiger partial charge is 0.319 e. The van der Waals surface area contributed by atoms with Crippen molar-refractivity contribution in [1.82, 2.24) is 14.9 Å². The Hall–Kier alpha value is -2.53. The summed E-state index contributed by atoms with van der Waals surface area (Å²) in [6.45, 7) is 0.393. The Morgan fingerprint density at radius 1 is 1.19 bits per heavy atom. The van der Waals surface area contributed by atoms with Crippen molar-refractivity contribution in [3.8, 4) is 0 Å². The number of aromatic nitrogens is 2. The van der Waals surface area contributed by atoms with E-state index in [1.165, 1.54) is 0 Å². The van der Waals surface area contributed by atoms with Crippen LogP contribution in [-0.2, 0) is 6.54 Å². The van der Waals surface area contributed by atoms with Gasteiger partial charge in [0.1, 0.15) is 0 Å². The molecule has 0 spiro atoms. The normalized spacial score (nSPS) is 10.5. The molecule has 2 N–H and O–H groups in total. The molecule has 1 aromatic carbocycles. The van der Waals surface area contributed by atoms with Gasteiger partial charge in [0, 0.05) is 18.3 Å². The number of amides is 2. The molecule has 2 amide bonds. The maximum absolute atomic E-state index is 11.9. The number of hydrogen-bond donors (Lipinski definition) is 2. The maximum Gasteiger partial charge on any atom is 0.319 e. The Balaban J connectivity index is 1.65. The lowest BCUT2D eigenvalue weighted by atomic mass is 10.2. The number of nitrogens with one attached hydrogen (secondary N) is 2. The van der Waals surface area contributed by atoms with E-state index >= 15 is 0 Å². The number of urea groups is 1. The molecule has 0 saturated heterocycles. The van der Waals surface area contributed by atoms with E-state index in [0.717, 1.165) is 11.1 Å². The van der Waals surface area contributed by atoms with Gasteiger partial charge in [-0.2, -0.15) is 5.10 Å². The maximum atomic E-state index is 11.9. The van der Waals surface area contributed by atoms with Crippen LogP contribution in [0.4, 0.5) is 10.5 Å². The highest BCUT2D eigenvalue weighted by Crippen LogP contribution is 2.20. The number of para-hydroxylation sites is 1. The van der Waals surface area contributed by atoms with Crippen LogP contribution in [0.5, 0.6) is 0 Å². The Kier molecular flexibility index (Phi) is 3.75. The summed E-state index contributed by atoms with van der Waals surface area (Å²) in [7, 11) is 0. The van der Waals surface area contributed by atoms with Crippen molar-refractivity contribution in [2.45, 2.75) is 6.54 Å². The summed E-state index contributed by atoms with van der Waals surface area (Å²) in [5.74, 6) is 0. The van der Waals surface area contributed by atoms with Gasteiger partial charge in [0.2, 0.25) is 0 Å². The molecule has 0 radical (unpaired) electrons. The zero-order chi connectivity index (χ0) is 14.7. The van der Waals surface area contributed by atoms with Crippen LogP contribution in [0.1, 0.15) is 5.56 Å². The fourth-order valence-corrected chi connectivity index (χ4v) is 2.21. The Morgan fingerprint density at radius 3 is 2.86 bits per heavy atom. The summed E-state index contributed by atoms with van der Waals surface area (Å²) in [6, 6.07) is 12.6. The lowest BCUT2D eigenvalue weighted by molar-refractivity contribution is 0.252. The zero-order valence-corrected chi connectivity index (χ0v) is 11.8. The lowest BCUT2D eigenvalue weighted by Crippen LogP contribution is -2.28. The van der Waals surface area contributed by atoms with Crippen LogP contribution < -0.4 is 10.6 Å². The minimum absolute atomic E-state index is 0.307. The largest absolute Gasteiger partial charge is 0.334 e. The van der Waals surface area contributed by atoms with E-state index in [1.807, 2.05) is 36.5 Å². The number of carbonyl (C=O) groups is 1. The standard InChI is InChI=1S/C15H13ClN4O/c16-12-5-1-2-6-13(12)19-15(21)17-9-11-10-18-20-8-4-3-7-14(11)20/h1-8,10H,9H2,(H2,17,19,21). The molecule has 21 heavy (non-hydrogen) atoms. The molecule has 0 atom stereocenters. The molecule has 2 aromatic heterocycles. The molecule has 6 heteroatoms. The molecular weight excluding hydrogens is 288 g/mol. The number of benzene rings is 1. The minimum atomic E-state index is -0.307. The molecule has 2 heterocycles. The van der Waals surface area contributed by atoms with Gasteiger partial charge in [-0.25, -0.2) is 9.31 Å². The molecular formula is C15H13ClN4O. The summed E-state index contributed by atoms with van der Waals surface area (Å²) in [5.41, 5.74) is 2.50. The third-order valence-electron chi connectivity index (χ3n) is 3.07. The van der Waals surface area contributed by atoms with Crippen molar-refractivity contribution < 1.29 is 4.79 Å². The molecule has 0 fully saturated rings. The quantitative estimate of drug-likeness (QED) is 0.779. The van der Waals surface area contributed by atoms with E-state index in [2.05, 4.69) is 15.7 Å². The molecule has 3 aromatic rings. The van der Waals surface area contributed by atoms with Gasteiger partial charge < -0.3 is 10.6 Å². The first-order chi connectivity index (χ1) is 10.2. The topological polar surface area (TPSA) is 58.4 Å². The van der Waals surface area contributed by atoms with Crippen molar-refractivity contribution in [1.29, 1.82) is 0 Å². The van der Waals surface area contributed by atoms with E-state index in [0.29, 0.717) is 17.3 Å². The van der Waals surface area contributed by atoms with E-state index < -0.39 is 0 Å². The molecule has 0 saturated carbocycles. The Bertz CT molecular complexity index is 784. The van der Waals surface area contributed by atoms with Crippen molar-refractivity contribution >= 4 is 28.8 Å². The molecule has 106 valence electrons. The molecule has 0 bridgehead atoms. The first kappa shape index (κ1) is 13.5. The predicted molar refractivity (Wildman–Crippen MR) is 82.5 cm³/mol. The van der Waals surface area contributed by atoms with Crippen molar-refractivity contribution in [2.24, 2.45) is 0 Å². The van der Waals surface area contributed by atoms with E-state index in [9.17, 15) is 4.79 Å². The number of pyridine rings is 1. The van der Waals surface area contributed by atoms with Crippen molar-refractivity contribution in [3.05, 3.63) is 65.4 Å². The summed E-state index contributed by atoms with van der Waals surface area (Å²) in [6.07, 6.45) is 3.60. The molecule has 3 rings (SSSR count). The highest BCUT2D eigenvalue weighted by Gasteiger charge is 2.07. The van der Waals surface area contributed by atoms with Crippen molar-refractivity contribution in [2.75, 3.05) is 5.32 Å². The van der Waals surface area contributed by atoms with Crippen LogP contribution in [0.2, 0.25) is 5.02 Å². The average molecular weight is 301 g/mol. The second kappa shape index (κ2) is 5.85. The van der Waals surface area contributed by atoms with Gasteiger partial charge in [-0.1, -0.05) is 29.8 Å². The summed E-state index contributed by atoms with van der Waals surface area (Å²) in [4.78, 5) is 11.9. The second-order valence-corrected chi connectivity index (χ2v) is 4.89. The van der Waals surface area contributed by atoms with Crippen LogP contribution >= 0.6 is 11.6 Å². The Morgan fingerprint density at radius 2 is 2.00 bits per heavy atom. The van der Waals surface area contributed by atoms with Gasteiger partial charge in [0.25, 0.3) is 0 Å². The van der Waals surface area contributed by atoms with Gasteiger partial charge in [-0.15, -0.1) is 0 Å². The van der Waals surface area contributed by atoms with Crippen LogP contribution in [-0.4, -0.2) is 15.6 Å². The number of fused-ring (bicyclic) bond motifs is 1. The molecule has 0 aliphatic heterocycles. The Labute approximate surface area is 126 Å². The van der Waals surface area contributed by atoms with Gasteiger partial charge in [-0.3, -0.25) is 0 Å². The number of halogens is 1. The number of rotatable bonds is 3. The summed E-state index contributed by atoms with van der Waals surface area (Å²) < 4.78 is 1.77. The monoisotopic (exact) mass is 300 g/mol. The molecule has 5 nitrogen and oxygen atoms in total. The predicted octanol–water partition coefficient (Wildman–Crippen LogP) is 3.31. The summed E-state index contributed by atoms with van der Waals surface area (Å²) >= 11 is 5.99. The number of carbonyl (C=O) groups excluding carboxylic acids is 1. The fraction of sp³-hybridized carbons (Fsp3) is 0.0667. The van der Waals surface area contributed by atoms with Gasteiger partial charge in [-0.05, 0) is 24.3 Å². The zero-order valence-electron chi connectivity index (χ0n) is 11.1. The number of nitrogens with zero attached hydrogens (tertiary/aromatic N) is 2. The highest BCUT2D eigenvalue weighted by atomic mass is 35.5. The third kappa shape index (κ3) is 2.98. The number of anilines is 1. The first-order valence-corrected chi connectivity index (χ1v) is 6.82. The fourth-order valence-electron chi connectivity index (χ4n) is 2.03. The second-order valence-electron chi connectivity index (χ2n) is 4.49.